The summed E-state index contributed by atoms with van der Waals surface area (Å²) < 4.78 is 2.13. The average Bonchev–Trinajstić information content (AvgIpc) is 2.97. The van der Waals surface area contributed by atoms with Gasteiger partial charge in [-0.2, -0.15) is 0 Å². The van der Waals surface area contributed by atoms with Crippen molar-refractivity contribution < 1.29 is 4.79 Å². The summed E-state index contributed by atoms with van der Waals surface area (Å²) in [7, 11) is 3.95. The number of anilines is 1. The quantitative estimate of drug-likeness (QED) is 0.785. The van der Waals surface area contributed by atoms with Gasteiger partial charge in [0, 0.05) is 31.9 Å². The first-order valence-electron chi connectivity index (χ1n) is 8.10. The van der Waals surface area contributed by atoms with Gasteiger partial charge in [0.15, 0.2) is 0 Å². The zero-order valence-corrected chi connectivity index (χ0v) is 14.3. The number of imidazole rings is 1. The Morgan fingerprint density at radius 3 is 2.50 bits per heavy atom. The Morgan fingerprint density at radius 1 is 1.12 bits per heavy atom. The summed E-state index contributed by atoms with van der Waals surface area (Å²) in [6.07, 6.45) is 0. The molecule has 0 atom stereocenters. The zero-order chi connectivity index (χ0) is 17.1. The van der Waals surface area contributed by atoms with Gasteiger partial charge in [-0.25, -0.2) is 4.98 Å². The predicted octanol–water partition coefficient (Wildman–Crippen LogP) is 3.05. The highest BCUT2D eigenvalue weighted by Crippen LogP contribution is 2.16. The van der Waals surface area contributed by atoms with Crippen molar-refractivity contribution in [3.05, 3.63) is 59.9 Å². The molecule has 0 unspecified atom stereocenters. The SMILES string of the molecule is CCn1c(CNC(=O)c2ccc(N(C)C)cc2)nc2ccccc21. The second-order valence-electron chi connectivity index (χ2n) is 5.88. The molecule has 0 saturated heterocycles. The molecule has 0 spiro atoms. The average molecular weight is 322 g/mol. The van der Waals surface area contributed by atoms with Crippen molar-refractivity contribution in [2.75, 3.05) is 19.0 Å². The molecule has 0 radical (unpaired) electrons. The van der Waals surface area contributed by atoms with E-state index in [0.29, 0.717) is 12.1 Å². The summed E-state index contributed by atoms with van der Waals surface area (Å²) in [5, 5.41) is 2.96. The van der Waals surface area contributed by atoms with Crippen LogP contribution in [-0.2, 0) is 13.1 Å². The van der Waals surface area contributed by atoms with E-state index in [2.05, 4.69) is 27.9 Å². The minimum Gasteiger partial charge on any atom is -0.378 e. The van der Waals surface area contributed by atoms with Gasteiger partial charge in [-0.05, 0) is 43.3 Å². The van der Waals surface area contributed by atoms with Gasteiger partial charge in [-0.1, -0.05) is 12.1 Å². The minimum absolute atomic E-state index is 0.0879. The van der Waals surface area contributed by atoms with Crippen molar-refractivity contribution in [3.8, 4) is 0 Å². The van der Waals surface area contributed by atoms with E-state index in [1.165, 1.54) is 0 Å². The number of amides is 1. The number of para-hydroxylation sites is 2. The number of nitrogens with one attached hydrogen (secondary N) is 1. The van der Waals surface area contributed by atoms with Gasteiger partial charge < -0.3 is 14.8 Å². The zero-order valence-electron chi connectivity index (χ0n) is 14.3. The van der Waals surface area contributed by atoms with Crippen LogP contribution in [0.15, 0.2) is 48.5 Å². The van der Waals surface area contributed by atoms with Gasteiger partial charge in [0.2, 0.25) is 0 Å². The topological polar surface area (TPSA) is 50.2 Å². The van der Waals surface area contributed by atoms with Gasteiger partial charge in [-0.3, -0.25) is 4.79 Å². The summed E-state index contributed by atoms with van der Waals surface area (Å²) in [4.78, 5) is 19.0. The summed E-state index contributed by atoms with van der Waals surface area (Å²) in [5.74, 6) is 0.784. The van der Waals surface area contributed by atoms with Crippen molar-refractivity contribution in [1.82, 2.24) is 14.9 Å². The Morgan fingerprint density at radius 2 is 1.83 bits per heavy atom. The Bertz CT molecular complexity index is 849. The van der Waals surface area contributed by atoms with E-state index in [-0.39, 0.29) is 5.91 Å². The fourth-order valence-electron chi connectivity index (χ4n) is 2.79. The number of aromatic nitrogens is 2. The van der Waals surface area contributed by atoms with E-state index in [1.807, 2.05) is 61.5 Å². The molecule has 1 heterocycles. The molecule has 0 fully saturated rings. The lowest BCUT2D eigenvalue weighted by molar-refractivity contribution is 0.0949. The maximum Gasteiger partial charge on any atom is 0.251 e. The molecule has 5 heteroatoms. The second-order valence-corrected chi connectivity index (χ2v) is 5.88. The Labute approximate surface area is 141 Å². The molecule has 3 rings (SSSR count). The Kier molecular flexibility index (Phi) is 4.51. The van der Waals surface area contributed by atoms with E-state index in [1.54, 1.807) is 0 Å². The third-order valence-corrected chi connectivity index (χ3v) is 4.10. The number of hydrogen-bond donors (Lipinski definition) is 1. The lowest BCUT2D eigenvalue weighted by Gasteiger charge is -2.12. The Hall–Kier alpha value is -2.82. The number of aryl methyl sites for hydroxylation is 1. The van der Waals surface area contributed by atoms with E-state index >= 15 is 0 Å². The van der Waals surface area contributed by atoms with Gasteiger partial charge >= 0.3 is 0 Å². The molecule has 0 aliphatic rings. The first-order chi connectivity index (χ1) is 11.6. The largest absolute Gasteiger partial charge is 0.378 e. The van der Waals surface area contributed by atoms with Gasteiger partial charge in [0.05, 0.1) is 17.6 Å². The third kappa shape index (κ3) is 3.11. The summed E-state index contributed by atoms with van der Waals surface area (Å²) in [6, 6.07) is 15.6. The monoisotopic (exact) mass is 322 g/mol. The molecule has 24 heavy (non-hydrogen) atoms. The number of fused-ring (bicyclic) bond motifs is 1. The molecule has 0 bridgehead atoms. The summed E-state index contributed by atoms with van der Waals surface area (Å²) in [5.41, 5.74) is 3.78. The minimum atomic E-state index is -0.0879. The highest BCUT2D eigenvalue weighted by molar-refractivity contribution is 5.94. The first-order valence-corrected chi connectivity index (χ1v) is 8.10. The van der Waals surface area contributed by atoms with Crippen LogP contribution in [-0.4, -0.2) is 29.6 Å². The predicted molar refractivity (Wildman–Crippen MR) is 97.3 cm³/mol. The van der Waals surface area contributed by atoms with E-state index < -0.39 is 0 Å². The smallest absolute Gasteiger partial charge is 0.251 e. The summed E-state index contributed by atoms with van der Waals surface area (Å²) >= 11 is 0. The standard InChI is InChI=1S/C19H22N4O/c1-4-23-17-8-6-5-7-16(17)21-18(23)13-20-19(24)14-9-11-15(12-10-14)22(2)3/h5-12H,4,13H2,1-3H3,(H,20,24). The lowest BCUT2D eigenvalue weighted by atomic mass is 10.2. The molecule has 3 aromatic rings. The number of rotatable bonds is 5. The maximum absolute atomic E-state index is 12.4. The first kappa shape index (κ1) is 16.1. The van der Waals surface area contributed by atoms with E-state index in [0.717, 1.165) is 29.1 Å². The van der Waals surface area contributed by atoms with Crippen molar-refractivity contribution in [1.29, 1.82) is 0 Å². The number of benzene rings is 2. The molecule has 2 aromatic carbocycles. The molecule has 0 aliphatic heterocycles. The molecule has 5 nitrogen and oxygen atoms in total. The van der Waals surface area contributed by atoms with Gasteiger partial charge in [0.1, 0.15) is 5.82 Å². The molecule has 0 aliphatic carbocycles. The number of carbonyl (C=O) groups excluding carboxylic acids is 1. The normalized spacial score (nSPS) is 10.8. The van der Waals surface area contributed by atoms with E-state index in [4.69, 9.17) is 0 Å². The maximum atomic E-state index is 12.4. The number of hydrogen-bond acceptors (Lipinski definition) is 3. The molecule has 124 valence electrons. The van der Waals surface area contributed by atoms with Crippen LogP contribution in [0.25, 0.3) is 11.0 Å². The second kappa shape index (κ2) is 6.74. The molecule has 0 saturated carbocycles. The van der Waals surface area contributed by atoms with Gasteiger partial charge in [-0.15, -0.1) is 0 Å². The molecular weight excluding hydrogens is 300 g/mol. The lowest BCUT2D eigenvalue weighted by Crippen LogP contribution is -2.24. The number of nitrogens with zero attached hydrogens (tertiary/aromatic N) is 3. The molecular formula is C19H22N4O. The van der Waals surface area contributed by atoms with Crippen LogP contribution in [0.2, 0.25) is 0 Å². The summed E-state index contributed by atoms with van der Waals surface area (Å²) in [6.45, 7) is 3.32. The molecule has 1 amide bonds. The fourth-order valence-corrected chi connectivity index (χ4v) is 2.79. The molecule has 1 aromatic heterocycles. The Balaban J connectivity index is 1.74. The van der Waals surface area contributed by atoms with Crippen LogP contribution in [0.5, 0.6) is 0 Å². The van der Waals surface area contributed by atoms with Crippen LogP contribution < -0.4 is 10.2 Å². The van der Waals surface area contributed by atoms with Crippen LogP contribution in [0, 0.1) is 0 Å². The van der Waals surface area contributed by atoms with Crippen molar-refractivity contribution in [2.24, 2.45) is 0 Å². The third-order valence-electron chi connectivity index (χ3n) is 4.10. The van der Waals surface area contributed by atoms with Crippen LogP contribution in [0.4, 0.5) is 5.69 Å². The van der Waals surface area contributed by atoms with Crippen LogP contribution in [0.1, 0.15) is 23.1 Å². The van der Waals surface area contributed by atoms with Crippen LogP contribution >= 0.6 is 0 Å². The van der Waals surface area contributed by atoms with Crippen molar-refractivity contribution in [2.45, 2.75) is 20.0 Å². The van der Waals surface area contributed by atoms with E-state index in [9.17, 15) is 4.79 Å². The highest BCUT2D eigenvalue weighted by Gasteiger charge is 2.11. The van der Waals surface area contributed by atoms with Crippen molar-refractivity contribution in [3.63, 3.8) is 0 Å². The molecule has 1 N–H and O–H groups in total. The number of carbonyl (C=O) groups is 1. The van der Waals surface area contributed by atoms with Gasteiger partial charge in [0.25, 0.3) is 5.91 Å². The van der Waals surface area contributed by atoms with Crippen LogP contribution in [0.3, 0.4) is 0 Å². The highest BCUT2D eigenvalue weighted by atomic mass is 16.1. The van der Waals surface area contributed by atoms with Crippen molar-refractivity contribution >= 4 is 22.6 Å². The fraction of sp³-hybridized carbons (Fsp3) is 0.263.